The predicted molar refractivity (Wildman–Crippen MR) is 59.0 cm³/mol. The first-order chi connectivity index (χ1) is 6.54. The van der Waals surface area contributed by atoms with Crippen LogP contribution in [0.4, 0.5) is 17.1 Å². The molecular weight excluding hydrogens is 176 g/mol. The number of hydrogen-bond donors (Lipinski definition) is 3. The van der Waals surface area contributed by atoms with Crippen molar-refractivity contribution in [1.29, 1.82) is 5.26 Å². The molecular formula is C10H14N4. The maximum Gasteiger partial charge on any atom is 0.102 e. The molecule has 14 heavy (non-hydrogen) atoms. The smallest absolute Gasteiger partial charge is 0.102 e. The summed E-state index contributed by atoms with van der Waals surface area (Å²) in [6, 6.07) is 2.09. The van der Waals surface area contributed by atoms with Gasteiger partial charge in [0.2, 0.25) is 0 Å². The van der Waals surface area contributed by atoms with Crippen molar-refractivity contribution < 1.29 is 0 Å². The highest BCUT2D eigenvalue weighted by molar-refractivity contribution is 5.87. The molecule has 5 N–H and O–H groups in total. The monoisotopic (exact) mass is 190 g/mol. The van der Waals surface area contributed by atoms with Crippen molar-refractivity contribution in [2.75, 3.05) is 23.8 Å². The Kier molecular flexibility index (Phi) is 2.52. The Morgan fingerprint density at radius 3 is 2.14 bits per heavy atom. The summed E-state index contributed by atoms with van der Waals surface area (Å²) in [5, 5.41) is 11.8. The van der Waals surface area contributed by atoms with Gasteiger partial charge >= 0.3 is 0 Å². The molecule has 4 nitrogen and oxygen atoms in total. The van der Waals surface area contributed by atoms with E-state index in [2.05, 4.69) is 11.4 Å². The van der Waals surface area contributed by atoms with Crippen molar-refractivity contribution in [2.45, 2.75) is 13.8 Å². The van der Waals surface area contributed by atoms with E-state index in [-0.39, 0.29) is 0 Å². The van der Waals surface area contributed by atoms with Crippen molar-refractivity contribution >= 4 is 17.1 Å². The molecule has 0 atom stereocenters. The third-order valence-electron chi connectivity index (χ3n) is 2.51. The summed E-state index contributed by atoms with van der Waals surface area (Å²) in [5.41, 5.74) is 15.6. The molecule has 74 valence electrons. The van der Waals surface area contributed by atoms with Crippen LogP contribution in [-0.2, 0) is 0 Å². The molecule has 0 spiro atoms. The minimum absolute atomic E-state index is 0.426. The lowest BCUT2D eigenvalue weighted by molar-refractivity contribution is 1.30. The first-order valence-electron chi connectivity index (χ1n) is 4.30. The fraction of sp³-hybridized carbons (Fsp3) is 0.300. The lowest BCUT2D eigenvalue weighted by Crippen LogP contribution is -2.07. The van der Waals surface area contributed by atoms with E-state index in [1.807, 2.05) is 13.8 Å². The first kappa shape index (κ1) is 10.2. The minimum atomic E-state index is 0.426. The number of nitrogens with zero attached hydrogens (tertiary/aromatic N) is 1. The van der Waals surface area contributed by atoms with Gasteiger partial charge in [0.05, 0.1) is 22.6 Å². The predicted octanol–water partition coefficient (Wildman–Crippen LogP) is 1.38. The van der Waals surface area contributed by atoms with Crippen molar-refractivity contribution in [3.05, 3.63) is 16.7 Å². The molecule has 0 fully saturated rings. The Morgan fingerprint density at radius 2 is 1.71 bits per heavy atom. The van der Waals surface area contributed by atoms with E-state index < -0.39 is 0 Å². The Bertz CT molecular complexity index is 412. The largest absolute Gasteiger partial charge is 0.397 e. The number of rotatable bonds is 1. The second-order valence-electron chi connectivity index (χ2n) is 3.19. The van der Waals surface area contributed by atoms with Crippen LogP contribution in [0.25, 0.3) is 0 Å². The number of nitrogens with two attached hydrogens (primary N) is 2. The molecule has 0 amide bonds. The van der Waals surface area contributed by atoms with Gasteiger partial charge in [-0.25, -0.2) is 0 Å². The Hall–Kier alpha value is -1.89. The van der Waals surface area contributed by atoms with Gasteiger partial charge < -0.3 is 16.8 Å². The van der Waals surface area contributed by atoms with Gasteiger partial charge in [-0.05, 0) is 25.0 Å². The van der Waals surface area contributed by atoms with Crippen molar-refractivity contribution in [3.63, 3.8) is 0 Å². The first-order valence-corrected chi connectivity index (χ1v) is 4.30. The summed E-state index contributed by atoms with van der Waals surface area (Å²) in [4.78, 5) is 0. The molecule has 0 saturated heterocycles. The van der Waals surface area contributed by atoms with E-state index in [0.29, 0.717) is 22.6 Å². The van der Waals surface area contributed by atoms with E-state index >= 15 is 0 Å². The molecule has 0 unspecified atom stereocenters. The highest BCUT2D eigenvalue weighted by Gasteiger charge is 2.14. The van der Waals surface area contributed by atoms with E-state index in [0.717, 1.165) is 11.1 Å². The summed E-state index contributed by atoms with van der Waals surface area (Å²) >= 11 is 0. The molecule has 0 aromatic heterocycles. The maximum atomic E-state index is 8.94. The Labute approximate surface area is 83.5 Å². The number of nitrogens with one attached hydrogen (secondary N) is 1. The molecule has 0 saturated carbocycles. The Balaban J connectivity index is 3.67. The Morgan fingerprint density at radius 1 is 1.14 bits per heavy atom. The normalized spacial score (nSPS) is 9.57. The van der Waals surface area contributed by atoms with E-state index in [9.17, 15) is 0 Å². The van der Waals surface area contributed by atoms with Gasteiger partial charge in [0, 0.05) is 7.05 Å². The quantitative estimate of drug-likeness (QED) is 0.584. The van der Waals surface area contributed by atoms with Crippen LogP contribution in [0.5, 0.6) is 0 Å². The van der Waals surface area contributed by atoms with Crippen LogP contribution >= 0.6 is 0 Å². The third-order valence-corrected chi connectivity index (χ3v) is 2.51. The van der Waals surface area contributed by atoms with Crippen LogP contribution in [0.3, 0.4) is 0 Å². The molecule has 4 heteroatoms. The van der Waals surface area contributed by atoms with Gasteiger partial charge in [-0.15, -0.1) is 0 Å². The van der Waals surface area contributed by atoms with E-state index in [1.165, 1.54) is 0 Å². The van der Waals surface area contributed by atoms with Crippen LogP contribution in [0.15, 0.2) is 0 Å². The number of nitriles is 1. The molecule has 0 bridgehead atoms. The molecule has 0 radical (unpaired) electrons. The van der Waals surface area contributed by atoms with Gasteiger partial charge in [0.1, 0.15) is 6.07 Å². The van der Waals surface area contributed by atoms with Crippen LogP contribution in [-0.4, -0.2) is 7.05 Å². The highest BCUT2D eigenvalue weighted by Crippen LogP contribution is 2.34. The van der Waals surface area contributed by atoms with E-state index in [4.69, 9.17) is 16.7 Å². The fourth-order valence-electron chi connectivity index (χ4n) is 1.46. The van der Waals surface area contributed by atoms with Crippen LogP contribution in [0.1, 0.15) is 16.7 Å². The second kappa shape index (κ2) is 3.46. The molecule has 1 aromatic rings. The zero-order valence-electron chi connectivity index (χ0n) is 8.60. The standard InChI is InChI=1S/C10H14N4/c1-5-6(2)8(12)10(14-3)9(13)7(5)4-11/h14H,12-13H2,1-3H3. The van der Waals surface area contributed by atoms with Crippen LogP contribution in [0.2, 0.25) is 0 Å². The molecule has 1 aromatic carbocycles. The lowest BCUT2D eigenvalue weighted by atomic mass is 9.98. The zero-order chi connectivity index (χ0) is 10.9. The maximum absolute atomic E-state index is 8.94. The van der Waals surface area contributed by atoms with Crippen LogP contribution < -0.4 is 16.8 Å². The fourth-order valence-corrected chi connectivity index (χ4v) is 1.46. The highest BCUT2D eigenvalue weighted by atomic mass is 14.9. The summed E-state index contributed by atoms with van der Waals surface area (Å²) in [7, 11) is 1.73. The van der Waals surface area contributed by atoms with Crippen LogP contribution in [0, 0.1) is 25.2 Å². The number of hydrogen-bond acceptors (Lipinski definition) is 4. The number of benzene rings is 1. The molecule has 0 heterocycles. The third kappa shape index (κ3) is 1.23. The molecule has 0 aliphatic rings. The van der Waals surface area contributed by atoms with Gasteiger partial charge in [-0.1, -0.05) is 0 Å². The molecule has 0 aliphatic heterocycles. The number of anilines is 3. The van der Waals surface area contributed by atoms with Crippen molar-refractivity contribution in [2.24, 2.45) is 0 Å². The van der Waals surface area contributed by atoms with Crippen molar-refractivity contribution in [3.8, 4) is 6.07 Å². The molecule has 1 rings (SSSR count). The SMILES string of the molecule is CNc1c(N)c(C)c(C)c(C#N)c1N. The van der Waals surface area contributed by atoms with Gasteiger partial charge in [-0.3, -0.25) is 0 Å². The average Bonchev–Trinajstić information content (AvgIpc) is 2.16. The second-order valence-corrected chi connectivity index (χ2v) is 3.19. The summed E-state index contributed by atoms with van der Waals surface area (Å²) in [6.07, 6.45) is 0. The van der Waals surface area contributed by atoms with Gasteiger partial charge in [0.25, 0.3) is 0 Å². The van der Waals surface area contributed by atoms with Gasteiger partial charge in [-0.2, -0.15) is 5.26 Å². The topological polar surface area (TPSA) is 87.9 Å². The summed E-state index contributed by atoms with van der Waals surface area (Å²) in [5.74, 6) is 0. The zero-order valence-corrected chi connectivity index (χ0v) is 8.60. The molecule has 0 aliphatic carbocycles. The average molecular weight is 190 g/mol. The van der Waals surface area contributed by atoms with E-state index in [1.54, 1.807) is 7.05 Å². The van der Waals surface area contributed by atoms with Gasteiger partial charge in [0.15, 0.2) is 0 Å². The van der Waals surface area contributed by atoms with Crippen molar-refractivity contribution in [1.82, 2.24) is 0 Å². The minimum Gasteiger partial charge on any atom is -0.397 e. The summed E-state index contributed by atoms with van der Waals surface area (Å²) in [6.45, 7) is 3.73. The lowest BCUT2D eigenvalue weighted by Gasteiger charge is -2.15. The summed E-state index contributed by atoms with van der Waals surface area (Å²) < 4.78 is 0. The number of nitrogen functional groups attached to an aromatic ring is 2.